The van der Waals surface area contributed by atoms with Gasteiger partial charge in [0.25, 0.3) is 0 Å². The summed E-state index contributed by atoms with van der Waals surface area (Å²) in [4.78, 5) is 12.7. The molecule has 0 aromatic carbocycles. The number of rotatable bonds is 0. The van der Waals surface area contributed by atoms with Gasteiger partial charge in [0, 0.05) is 0 Å². The third-order valence-corrected chi connectivity index (χ3v) is 3.13. The van der Waals surface area contributed by atoms with Crippen molar-refractivity contribution >= 4 is 5.91 Å². The van der Waals surface area contributed by atoms with Crippen molar-refractivity contribution in [3.8, 4) is 0 Å². The number of hydrogen-bond acceptors (Lipinski definition) is 1. The van der Waals surface area contributed by atoms with Crippen molar-refractivity contribution in [2.45, 2.75) is 10.9 Å². The number of amides is 1. The van der Waals surface area contributed by atoms with Crippen molar-refractivity contribution in [2.75, 3.05) is 13.6 Å². The first kappa shape index (κ1) is 9.57. The minimum Gasteiger partial charge on any atom is -1.00 e. The van der Waals surface area contributed by atoms with Crippen molar-refractivity contribution < 1.29 is 40.1 Å². The van der Waals surface area contributed by atoms with E-state index in [1.54, 1.807) is 0 Å². The molecule has 1 atom stereocenters. The molecule has 48 valence electrons. The van der Waals surface area contributed by atoms with Gasteiger partial charge in [0.2, 0.25) is 0 Å². The predicted octanol–water partition coefficient (Wildman–Crippen LogP) is -2.81. The van der Waals surface area contributed by atoms with Gasteiger partial charge in [-0.25, -0.2) is 0 Å². The molecule has 1 aliphatic rings. The summed E-state index contributed by atoms with van der Waals surface area (Å²) in [5.41, 5.74) is 0. The summed E-state index contributed by atoms with van der Waals surface area (Å²) in [6.45, 7) is 0.976. The maximum absolute atomic E-state index is 10.9. The molecule has 1 heterocycles. The maximum Gasteiger partial charge on any atom is -1.00 e. The summed E-state index contributed by atoms with van der Waals surface area (Å²) in [5.74, 6) is 0.352. The third-order valence-electron chi connectivity index (χ3n) is 1.54. The van der Waals surface area contributed by atoms with Crippen LogP contribution in [0.15, 0.2) is 0 Å². The maximum atomic E-state index is 10.9. The fraction of sp³-hybridized carbons (Fsp3) is 0.800. The van der Waals surface area contributed by atoms with E-state index in [2.05, 4.69) is 0 Å². The van der Waals surface area contributed by atoms with Crippen LogP contribution in [0.1, 0.15) is 6.42 Å². The molecule has 0 aliphatic carbocycles. The zero-order chi connectivity index (χ0) is 6.15. The third kappa shape index (κ3) is 2.01. The Hall–Kier alpha value is 0.573. The van der Waals surface area contributed by atoms with Gasteiger partial charge >= 0.3 is 58.4 Å². The van der Waals surface area contributed by atoms with Crippen LogP contribution in [0.5, 0.6) is 0 Å². The molecule has 9 heavy (non-hydrogen) atoms. The van der Waals surface area contributed by atoms with E-state index >= 15 is 0 Å². The van der Waals surface area contributed by atoms with E-state index in [4.69, 9.17) is 0 Å². The van der Waals surface area contributed by atoms with E-state index in [-0.39, 0.29) is 17.0 Å². The van der Waals surface area contributed by atoms with Crippen molar-refractivity contribution in [3.63, 3.8) is 0 Å². The monoisotopic (exact) mass is 241 g/mol. The number of carbonyl (C=O) groups excluding carboxylic acids is 1. The second-order valence-corrected chi connectivity index (χ2v) is 4.31. The molecule has 0 aromatic heterocycles. The normalized spacial score (nSPS) is 26.3. The molecule has 4 heteroatoms. The number of halogens is 1. The van der Waals surface area contributed by atoms with E-state index < -0.39 is 0 Å². The molecule has 1 aliphatic heterocycles. The summed E-state index contributed by atoms with van der Waals surface area (Å²) >= 11 is 1.13. The fourth-order valence-corrected chi connectivity index (χ4v) is 1.93. The Kier molecular flexibility index (Phi) is 3.91. The molecule has 1 rings (SSSR count). The van der Waals surface area contributed by atoms with Crippen LogP contribution in [-0.4, -0.2) is 24.4 Å². The van der Waals surface area contributed by atoms with Crippen LogP contribution < -0.4 is 17.0 Å². The first-order chi connectivity index (χ1) is 3.72. The van der Waals surface area contributed by atoms with Gasteiger partial charge in [-0.1, -0.05) is 0 Å². The molecular weight excluding hydrogens is 235 g/mol. The van der Waals surface area contributed by atoms with Gasteiger partial charge in [-0.05, 0) is 0 Å². The molecule has 0 spiro atoms. The second kappa shape index (κ2) is 3.67. The Morgan fingerprint density at radius 1 is 1.78 bits per heavy atom. The molecule has 1 amide bonds. The Labute approximate surface area is 75.4 Å². The molecule has 0 saturated carbocycles. The molecular formula is C5H8BrNOZn. The van der Waals surface area contributed by atoms with Crippen LogP contribution in [0.4, 0.5) is 0 Å². The van der Waals surface area contributed by atoms with Crippen LogP contribution in [0.2, 0.25) is 4.51 Å². The SMILES string of the molecule is CN1CC[CH]([Zn+])C1=O.[Br-]. The summed E-state index contributed by atoms with van der Waals surface area (Å²) in [5, 5.41) is 0. The molecule has 1 unspecified atom stereocenters. The minimum absolute atomic E-state index is 0. The largest absolute Gasteiger partial charge is 1.00 e. The smallest absolute Gasteiger partial charge is 1.00 e. The van der Waals surface area contributed by atoms with Crippen molar-refractivity contribution in [3.05, 3.63) is 0 Å². The molecule has 1 fully saturated rings. The van der Waals surface area contributed by atoms with Gasteiger partial charge in [0.1, 0.15) is 0 Å². The Balaban J connectivity index is 0.000000640. The number of nitrogens with zero attached hydrogens (tertiary/aromatic N) is 1. The summed E-state index contributed by atoms with van der Waals surface area (Å²) in [7, 11) is 1.87. The van der Waals surface area contributed by atoms with Crippen LogP contribution in [0.3, 0.4) is 0 Å². The summed E-state index contributed by atoms with van der Waals surface area (Å²) in [6.07, 6.45) is 1.09. The van der Waals surface area contributed by atoms with Crippen LogP contribution in [0, 0.1) is 0 Å². The van der Waals surface area contributed by atoms with Crippen molar-refractivity contribution in [1.29, 1.82) is 0 Å². The van der Waals surface area contributed by atoms with Gasteiger partial charge in [-0.2, -0.15) is 0 Å². The molecule has 0 aromatic rings. The van der Waals surface area contributed by atoms with Gasteiger partial charge < -0.3 is 17.0 Å². The predicted molar refractivity (Wildman–Crippen MR) is 26.0 cm³/mol. The topological polar surface area (TPSA) is 20.3 Å². The van der Waals surface area contributed by atoms with E-state index in [1.165, 1.54) is 0 Å². The van der Waals surface area contributed by atoms with Gasteiger partial charge in [0.15, 0.2) is 0 Å². The Morgan fingerprint density at radius 2 is 2.33 bits per heavy atom. The van der Waals surface area contributed by atoms with Gasteiger partial charge in [-0.3, -0.25) is 0 Å². The average molecular weight is 243 g/mol. The van der Waals surface area contributed by atoms with E-state index in [1.807, 2.05) is 11.9 Å². The molecule has 0 radical (unpaired) electrons. The molecule has 2 nitrogen and oxygen atoms in total. The van der Waals surface area contributed by atoms with Crippen molar-refractivity contribution in [2.24, 2.45) is 0 Å². The Morgan fingerprint density at radius 3 is 2.44 bits per heavy atom. The second-order valence-electron chi connectivity index (χ2n) is 2.25. The van der Waals surface area contributed by atoms with E-state index in [9.17, 15) is 4.79 Å². The minimum atomic E-state index is 0. The van der Waals surface area contributed by atoms with E-state index in [0.717, 1.165) is 31.3 Å². The van der Waals surface area contributed by atoms with Crippen molar-refractivity contribution in [1.82, 2.24) is 4.90 Å². The Bertz CT molecular complexity index is 108. The van der Waals surface area contributed by atoms with Crippen LogP contribution in [0.25, 0.3) is 0 Å². The number of likely N-dealkylation sites (tertiary alicyclic amines) is 1. The summed E-state index contributed by atoms with van der Waals surface area (Å²) in [6, 6.07) is 0. The van der Waals surface area contributed by atoms with Gasteiger partial charge in [0.05, 0.1) is 0 Å². The first-order valence-corrected chi connectivity index (χ1v) is 4.51. The summed E-state index contributed by atoms with van der Waals surface area (Å²) < 4.78 is 0.403. The van der Waals surface area contributed by atoms with Crippen LogP contribution >= 0.6 is 0 Å². The van der Waals surface area contributed by atoms with Crippen LogP contribution in [-0.2, 0) is 23.1 Å². The molecule has 0 bridgehead atoms. The molecule has 0 N–H and O–H groups in total. The van der Waals surface area contributed by atoms with Gasteiger partial charge in [-0.15, -0.1) is 0 Å². The number of carbonyl (C=O) groups is 1. The van der Waals surface area contributed by atoms with E-state index in [0.29, 0.717) is 10.4 Å². The first-order valence-electron chi connectivity index (χ1n) is 2.80. The zero-order valence-electron chi connectivity index (χ0n) is 5.43. The zero-order valence-corrected chi connectivity index (χ0v) is 9.99. The quantitative estimate of drug-likeness (QED) is 0.421. The standard InChI is InChI=1S/C5H8NO.BrH.Zn/c1-6-4-2-3-5(6)7;;/h3H,2,4H2,1H3;1H;/q;;+1/p-1. The molecule has 1 saturated heterocycles. The fourth-order valence-electron chi connectivity index (χ4n) is 0.895. The number of hydrogen-bond donors (Lipinski definition) is 0. The average Bonchev–Trinajstić information content (AvgIpc) is 1.98.